The molecule has 8 rings (SSSR count). The van der Waals surface area contributed by atoms with Gasteiger partial charge in [0, 0.05) is 4.91 Å². The average Bonchev–Trinajstić information content (AvgIpc) is 3.41. The number of nitrogens with zero attached hydrogens (tertiary/aromatic N) is 3. The van der Waals surface area contributed by atoms with Crippen molar-refractivity contribution in [3.8, 4) is 5.75 Å². The molecule has 0 spiro atoms. The zero-order valence-electron chi connectivity index (χ0n) is 38.5. The van der Waals surface area contributed by atoms with E-state index in [1.165, 1.54) is 0 Å². The molecule has 2 aliphatic rings. The molecule has 360 valence electrons. The number of aliphatic hydroxyl groups excluding tert-OH is 1. The van der Waals surface area contributed by atoms with Crippen LogP contribution in [0.2, 0.25) is 0 Å². The van der Waals surface area contributed by atoms with E-state index in [1.54, 1.807) is 7.11 Å². The van der Waals surface area contributed by atoms with Crippen LogP contribution in [0.3, 0.4) is 0 Å². The lowest BCUT2D eigenvalue weighted by Crippen LogP contribution is -2.66. The molecular weight excluding hydrogens is 879 g/mol. The topological polar surface area (TPSA) is 161 Å². The van der Waals surface area contributed by atoms with Crippen molar-refractivity contribution in [2.45, 2.75) is 101 Å². The number of hydrogen-bond donors (Lipinski definition) is 1. The normalized spacial score (nSPS) is 24.6. The fourth-order valence-corrected chi connectivity index (χ4v) is 8.39. The fourth-order valence-electron chi connectivity index (χ4n) is 8.39. The van der Waals surface area contributed by atoms with Gasteiger partial charge in [-0.15, -0.1) is 0 Å². The number of aliphatic hydroxyl groups is 1. The van der Waals surface area contributed by atoms with Crippen LogP contribution in [0.15, 0.2) is 181 Å². The van der Waals surface area contributed by atoms with Gasteiger partial charge in [-0.05, 0) is 51.0 Å². The highest BCUT2D eigenvalue weighted by Crippen LogP contribution is 2.37. The van der Waals surface area contributed by atoms with Gasteiger partial charge in [0.05, 0.1) is 60.0 Å². The zero-order chi connectivity index (χ0) is 47.5. The molecule has 2 heterocycles. The summed E-state index contributed by atoms with van der Waals surface area (Å²) in [5.74, 6) is 0.708. The molecule has 2 saturated heterocycles. The van der Waals surface area contributed by atoms with Crippen LogP contribution in [0.4, 0.5) is 0 Å². The van der Waals surface area contributed by atoms with E-state index in [-0.39, 0.29) is 46.2 Å². The molecule has 0 aliphatic carbocycles. The molecule has 14 heteroatoms. The molecule has 14 nitrogen and oxygen atoms in total. The molecule has 2 fully saturated rings. The van der Waals surface area contributed by atoms with Crippen molar-refractivity contribution in [3.63, 3.8) is 0 Å². The number of methoxy groups -OCH3 is 1. The zero-order valence-corrected chi connectivity index (χ0v) is 38.5. The molecule has 69 heavy (non-hydrogen) atoms. The molecule has 0 saturated carbocycles. The summed E-state index contributed by atoms with van der Waals surface area (Å²) < 4.78 is 66.4. The van der Waals surface area contributed by atoms with Crippen LogP contribution in [0.25, 0.3) is 10.4 Å². The molecule has 0 amide bonds. The molecule has 0 unspecified atom stereocenters. The minimum absolute atomic E-state index is 0.0187. The Labute approximate surface area is 403 Å². The number of benzene rings is 6. The fraction of sp³-hybridized carbons (Fsp3) is 0.345. The van der Waals surface area contributed by atoms with Gasteiger partial charge < -0.3 is 52.5 Å². The van der Waals surface area contributed by atoms with Gasteiger partial charge in [0.1, 0.15) is 54.5 Å². The van der Waals surface area contributed by atoms with E-state index in [4.69, 9.17) is 47.4 Å². The second kappa shape index (κ2) is 26.1. The first-order valence-electron chi connectivity index (χ1n) is 23.2. The van der Waals surface area contributed by atoms with Gasteiger partial charge in [-0.1, -0.05) is 169 Å². The summed E-state index contributed by atoms with van der Waals surface area (Å²) in [5, 5.41) is 15.4. The van der Waals surface area contributed by atoms with Gasteiger partial charge >= 0.3 is 0 Å². The van der Waals surface area contributed by atoms with Crippen LogP contribution in [-0.4, -0.2) is 86.8 Å². The van der Waals surface area contributed by atoms with Crippen LogP contribution in [0.5, 0.6) is 5.75 Å². The third kappa shape index (κ3) is 14.1. The van der Waals surface area contributed by atoms with Crippen LogP contribution >= 0.6 is 0 Å². The van der Waals surface area contributed by atoms with Gasteiger partial charge in [0.2, 0.25) is 0 Å². The highest BCUT2D eigenvalue weighted by Gasteiger charge is 2.54. The molecule has 0 aromatic heterocycles. The molecule has 1 N–H and O–H groups in total. The number of rotatable bonds is 24. The standard InChI is InChI=1S/C55H59N3O11/c1-60-45-29-27-44(28-30-45)36-64-52-49(62-33-40-19-9-3-10-20-40)46(31-59)67-55(53(52)65-35-42-23-13-5-14-24-42)69-50-47(38-61-32-39-17-7-2-8-18-39)68-54(66-37-43-25-15-6-16-26-43)48(57-58-56)51(50)63-34-41-21-11-4-12-22-41/h2-30,46-55,59H,31-38H2,1H3/t46-,47-,48-,49-,50-,51-,52+,53-,54-,55+/m1/s1. The Morgan fingerprint density at radius 2 is 0.884 bits per heavy atom. The van der Waals surface area contributed by atoms with E-state index in [9.17, 15) is 10.6 Å². The summed E-state index contributed by atoms with van der Waals surface area (Å²) in [4.78, 5) is 3.28. The lowest BCUT2D eigenvalue weighted by molar-refractivity contribution is -0.364. The minimum atomic E-state index is -1.23. The SMILES string of the molecule is COc1ccc(CO[C@@H]2[C@@H](OCc3ccccc3)[C@H](O[C@H]3[C@H](OCc4ccccc4)[C@@H](N=[N+]=[N-])[C@H](OCc4ccccc4)O[C@@H]3COCc3ccccc3)O[C@H](CO)[C@H]2OCc2ccccc2)cc1. The summed E-state index contributed by atoms with van der Waals surface area (Å²) in [7, 11) is 1.62. The van der Waals surface area contributed by atoms with Crippen molar-refractivity contribution < 1.29 is 52.5 Å². The van der Waals surface area contributed by atoms with Crippen LogP contribution in [0.1, 0.15) is 33.4 Å². The Balaban J connectivity index is 1.17. The van der Waals surface area contributed by atoms with Gasteiger partial charge in [-0.3, -0.25) is 0 Å². The van der Waals surface area contributed by atoms with Crippen molar-refractivity contribution in [2.75, 3.05) is 20.3 Å². The predicted molar refractivity (Wildman–Crippen MR) is 256 cm³/mol. The predicted octanol–water partition coefficient (Wildman–Crippen LogP) is 9.28. The van der Waals surface area contributed by atoms with Crippen molar-refractivity contribution in [1.82, 2.24) is 0 Å². The maximum atomic E-state index is 11.2. The van der Waals surface area contributed by atoms with Gasteiger partial charge in [-0.2, -0.15) is 0 Å². The Bertz CT molecular complexity index is 2420. The molecular formula is C55H59N3O11. The second-order valence-corrected chi connectivity index (χ2v) is 16.8. The van der Waals surface area contributed by atoms with Crippen molar-refractivity contribution in [2.24, 2.45) is 5.11 Å². The first kappa shape index (κ1) is 49.5. The van der Waals surface area contributed by atoms with Crippen molar-refractivity contribution in [3.05, 3.63) is 220 Å². The minimum Gasteiger partial charge on any atom is -0.497 e. The molecule has 6 aromatic rings. The van der Waals surface area contributed by atoms with Crippen LogP contribution in [-0.2, 0) is 82.3 Å². The number of hydrogen-bond acceptors (Lipinski definition) is 12. The lowest BCUT2D eigenvalue weighted by atomic mass is 9.95. The number of ether oxygens (including phenoxy) is 10. The van der Waals surface area contributed by atoms with Crippen molar-refractivity contribution >= 4 is 0 Å². The first-order chi connectivity index (χ1) is 34.1. The van der Waals surface area contributed by atoms with Gasteiger partial charge in [0.25, 0.3) is 0 Å². The lowest BCUT2D eigenvalue weighted by Gasteiger charge is -2.49. The molecule has 6 aromatic carbocycles. The quantitative estimate of drug-likeness (QED) is 0.0350. The molecule has 2 aliphatic heterocycles. The Morgan fingerprint density at radius 1 is 0.464 bits per heavy atom. The number of azide groups is 1. The van der Waals surface area contributed by atoms with Crippen molar-refractivity contribution in [1.29, 1.82) is 0 Å². The monoisotopic (exact) mass is 937 g/mol. The van der Waals surface area contributed by atoms with E-state index in [0.29, 0.717) is 5.75 Å². The molecule has 0 radical (unpaired) electrons. The third-order valence-electron chi connectivity index (χ3n) is 12.0. The van der Waals surface area contributed by atoms with E-state index in [2.05, 4.69) is 10.0 Å². The summed E-state index contributed by atoms with van der Waals surface area (Å²) in [5.41, 5.74) is 15.6. The van der Waals surface area contributed by atoms with E-state index >= 15 is 0 Å². The van der Waals surface area contributed by atoms with Gasteiger partial charge in [0.15, 0.2) is 12.6 Å². The smallest absolute Gasteiger partial charge is 0.187 e. The second-order valence-electron chi connectivity index (χ2n) is 16.8. The summed E-state index contributed by atoms with van der Waals surface area (Å²) in [6, 6.07) is 55.2. The summed E-state index contributed by atoms with van der Waals surface area (Å²) in [6.07, 6.45) is -8.84. The van der Waals surface area contributed by atoms with Crippen LogP contribution in [0, 0.1) is 0 Å². The molecule has 0 bridgehead atoms. The van der Waals surface area contributed by atoms with E-state index < -0.39 is 68.0 Å². The van der Waals surface area contributed by atoms with E-state index in [0.717, 1.165) is 33.4 Å². The largest absolute Gasteiger partial charge is 0.497 e. The van der Waals surface area contributed by atoms with Crippen LogP contribution < -0.4 is 4.74 Å². The summed E-state index contributed by atoms with van der Waals surface area (Å²) >= 11 is 0. The Morgan fingerprint density at radius 3 is 1.36 bits per heavy atom. The molecule has 10 atom stereocenters. The van der Waals surface area contributed by atoms with Gasteiger partial charge in [-0.25, -0.2) is 0 Å². The maximum absolute atomic E-state index is 11.2. The summed E-state index contributed by atoms with van der Waals surface area (Å²) in [6.45, 7) is 0.655. The van der Waals surface area contributed by atoms with E-state index in [1.807, 2.05) is 176 Å². The Hall–Kier alpha value is -5.97. The maximum Gasteiger partial charge on any atom is 0.187 e. The third-order valence-corrected chi connectivity index (χ3v) is 12.0. The first-order valence-corrected chi connectivity index (χ1v) is 23.2. The highest BCUT2D eigenvalue weighted by molar-refractivity contribution is 5.27. The average molecular weight is 938 g/mol. The Kier molecular flexibility index (Phi) is 18.7. The highest BCUT2D eigenvalue weighted by atomic mass is 16.8.